The first-order valence-electron chi connectivity index (χ1n) is 7.37. The summed E-state index contributed by atoms with van der Waals surface area (Å²) in [6.07, 6.45) is 3.90. The van der Waals surface area contributed by atoms with Crippen LogP contribution in [0.25, 0.3) is 0 Å². The van der Waals surface area contributed by atoms with Crippen molar-refractivity contribution in [2.75, 3.05) is 25.0 Å². The van der Waals surface area contributed by atoms with E-state index in [2.05, 4.69) is 10.2 Å². The summed E-state index contributed by atoms with van der Waals surface area (Å²) in [6.45, 7) is 4.94. The van der Waals surface area contributed by atoms with Crippen molar-refractivity contribution in [3.8, 4) is 0 Å². The van der Waals surface area contributed by atoms with Gasteiger partial charge in [0.1, 0.15) is 5.69 Å². The number of aryl methyl sites for hydroxylation is 1. The minimum absolute atomic E-state index is 0.213. The summed E-state index contributed by atoms with van der Waals surface area (Å²) in [5.74, 6) is 0.607. The van der Waals surface area contributed by atoms with Crippen molar-refractivity contribution in [1.29, 1.82) is 0 Å². The van der Waals surface area contributed by atoms with E-state index in [1.807, 2.05) is 6.07 Å². The lowest BCUT2D eigenvalue weighted by Crippen LogP contribution is -2.24. The molecule has 1 unspecified atom stereocenters. The van der Waals surface area contributed by atoms with Crippen LogP contribution in [0.2, 0.25) is 0 Å². The molecular formula is C15H21N3O2. The Morgan fingerprint density at radius 3 is 2.90 bits per heavy atom. The van der Waals surface area contributed by atoms with Gasteiger partial charge in [-0.2, -0.15) is 0 Å². The van der Waals surface area contributed by atoms with Crippen LogP contribution in [-0.4, -0.2) is 35.5 Å². The number of nitrogens with one attached hydrogen (secondary N) is 1. The number of hydrogen-bond acceptors (Lipinski definition) is 4. The lowest BCUT2D eigenvalue weighted by molar-refractivity contribution is -0.384. The van der Waals surface area contributed by atoms with E-state index in [9.17, 15) is 10.1 Å². The fraction of sp³-hybridized carbons (Fsp3) is 0.600. The van der Waals surface area contributed by atoms with Crippen LogP contribution in [0, 0.1) is 23.0 Å². The number of nitro benzene ring substituents is 1. The molecule has 1 saturated heterocycles. The van der Waals surface area contributed by atoms with Gasteiger partial charge in [-0.05, 0) is 44.7 Å². The summed E-state index contributed by atoms with van der Waals surface area (Å²) in [7, 11) is 0. The van der Waals surface area contributed by atoms with Crippen molar-refractivity contribution >= 4 is 11.4 Å². The van der Waals surface area contributed by atoms with E-state index in [1.165, 1.54) is 25.8 Å². The number of para-hydroxylation sites is 1. The summed E-state index contributed by atoms with van der Waals surface area (Å²) >= 11 is 0. The van der Waals surface area contributed by atoms with Crippen LogP contribution in [0.15, 0.2) is 18.2 Å². The Kier molecular flexibility index (Phi) is 3.61. The van der Waals surface area contributed by atoms with Crippen LogP contribution < -0.4 is 5.32 Å². The van der Waals surface area contributed by atoms with Gasteiger partial charge in [0.05, 0.1) is 4.92 Å². The predicted octanol–water partition coefficient (Wildman–Crippen LogP) is 2.80. The summed E-state index contributed by atoms with van der Waals surface area (Å²) in [5, 5.41) is 14.4. The predicted molar refractivity (Wildman–Crippen MR) is 79.0 cm³/mol. The quantitative estimate of drug-likeness (QED) is 0.663. The standard InChI is InChI=1S/C15H21N3O2/c1-11-3-2-4-14(15(11)18(19)20)16-9-12-7-8-17(10-12)13-5-6-13/h2-4,12-13,16H,5-10H2,1H3. The molecule has 1 saturated carbocycles. The molecule has 2 fully saturated rings. The number of benzene rings is 1. The van der Waals surface area contributed by atoms with Gasteiger partial charge in [-0.3, -0.25) is 10.1 Å². The molecule has 1 aliphatic carbocycles. The molecule has 0 spiro atoms. The Hall–Kier alpha value is -1.62. The van der Waals surface area contributed by atoms with Gasteiger partial charge in [0.25, 0.3) is 5.69 Å². The summed E-state index contributed by atoms with van der Waals surface area (Å²) < 4.78 is 0. The van der Waals surface area contributed by atoms with E-state index in [-0.39, 0.29) is 10.6 Å². The zero-order valence-electron chi connectivity index (χ0n) is 11.8. The molecule has 0 radical (unpaired) electrons. The molecule has 0 amide bonds. The molecule has 5 nitrogen and oxygen atoms in total. The molecule has 0 aromatic heterocycles. The first-order valence-corrected chi connectivity index (χ1v) is 7.37. The number of likely N-dealkylation sites (tertiary alicyclic amines) is 1. The highest BCUT2D eigenvalue weighted by Crippen LogP contribution is 2.32. The van der Waals surface area contributed by atoms with Crippen LogP contribution in [0.1, 0.15) is 24.8 Å². The molecular weight excluding hydrogens is 254 g/mol. The van der Waals surface area contributed by atoms with E-state index in [1.54, 1.807) is 19.1 Å². The molecule has 1 aliphatic heterocycles. The minimum Gasteiger partial charge on any atom is -0.379 e. The Bertz CT molecular complexity index is 514. The van der Waals surface area contributed by atoms with Crippen molar-refractivity contribution < 1.29 is 4.92 Å². The fourth-order valence-corrected chi connectivity index (χ4v) is 3.10. The van der Waals surface area contributed by atoms with E-state index < -0.39 is 0 Å². The maximum atomic E-state index is 11.1. The van der Waals surface area contributed by atoms with Crippen LogP contribution in [-0.2, 0) is 0 Å². The zero-order chi connectivity index (χ0) is 14.1. The molecule has 1 atom stereocenters. The second-order valence-corrected chi connectivity index (χ2v) is 5.99. The molecule has 1 aromatic rings. The SMILES string of the molecule is Cc1cccc(NCC2CCN(C3CC3)C2)c1[N+](=O)[O-]. The third-order valence-corrected chi connectivity index (χ3v) is 4.38. The van der Waals surface area contributed by atoms with E-state index in [4.69, 9.17) is 0 Å². The van der Waals surface area contributed by atoms with Crippen molar-refractivity contribution in [3.63, 3.8) is 0 Å². The van der Waals surface area contributed by atoms with Gasteiger partial charge in [-0.15, -0.1) is 0 Å². The van der Waals surface area contributed by atoms with Crippen molar-refractivity contribution in [2.45, 2.75) is 32.2 Å². The highest BCUT2D eigenvalue weighted by atomic mass is 16.6. The third-order valence-electron chi connectivity index (χ3n) is 4.38. The number of nitro groups is 1. The van der Waals surface area contributed by atoms with Gasteiger partial charge in [0.2, 0.25) is 0 Å². The van der Waals surface area contributed by atoms with Crippen molar-refractivity contribution in [1.82, 2.24) is 4.90 Å². The lowest BCUT2D eigenvalue weighted by Gasteiger charge is -2.16. The lowest BCUT2D eigenvalue weighted by atomic mass is 10.1. The smallest absolute Gasteiger partial charge is 0.295 e. The van der Waals surface area contributed by atoms with E-state index in [0.717, 1.165) is 19.1 Å². The third kappa shape index (κ3) is 2.77. The van der Waals surface area contributed by atoms with Crippen molar-refractivity contribution in [2.24, 2.45) is 5.92 Å². The molecule has 1 aromatic carbocycles. The summed E-state index contributed by atoms with van der Waals surface area (Å²) in [5.41, 5.74) is 1.58. The highest BCUT2D eigenvalue weighted by molar-refractivity contribution is 5.65. The molecule has 0 bridgehead atoms. The Balaban J connectivity index is 1.61. The number of anilines is 1. The Morgan fingerprint density at radius 1 is 1.40 bits per heavy atom. The Morgan fingerprint density at radius 2 is 2.20 bits per heavy atom. The van der Waals surface area contributed by atoms with Gasteiger partial charge in [0, 0.05) is 24.7 Å². The molecule has 2 aliphatic rings. The van der Waals surface area contributed by atoms with Gasteiger partial charge >= 0.3 is 0 Å². The molecule has 108 valence electrons. The minimum atomic E-state index is -0.289. The molecule has 20 heavy (non-hydrogen) atoms. The first kappa shape index (κ1) is 13.4. The number of nitrogens with zero attached hydrogens (tertiary/aromatic N) is 2. The van der Waals surface area contributed by atoms with Gasteiger partial charge in [-0.25, -0.2) is 0 Å². The Labute approximate surface area is 119 Å². The maximum Gasteiger partial charge on any atom is 0.295 e. The largest absolute Gasteiger partial charge is 0.379 e. The second-order valence-electron chi connectivity index (χ2n) is 5.99. The molecule has 1 heterocycles. The number of rotatable bonds is 5. The van der Waals surface area contributed by atoms with Crippen LogP contribution in [0.5, 0.6) is 0 Å². The van der Waals surface area contributed by atoms with E-state index in [0.29, 0.717) is 17.2 Å². The van der Waals surface area contributed by atoms with Gasteiger partial charge in [0.15, 0.2) is 0 Å². The summed E-state index contributed by atoms with van der Waals surface area (Å²) in [6, 6.07) is 6.29. The van der Waals surface area contributed by atoms with Crippen LogP contribution >= 0.6 is 0 Å². The van der Waals surface area contributed by atoms with Gasteiger partial charge < -0.3 is 10.2 Å². The second kappa shape index (κ2) is 5.40. The van der Waals surface area contributed by atoms with Gasteiger partial charge in [-0.1, -0.05) is 12.1 Å². The topological polar surface area (TPSA) is 58.4 Å². The summed E-state index contributed by atoms with van der Waals surface area (Å²) in [4.78, 5) is 13.4. The zero-order valence-corrected chi connectivity index (χ0v) is 11.8. The fourth-order valence-electron chi connectivity index (χ4n) is 3.10. The molecule has 5 heteroatoms. The van der Waals surface area contributed by atoms with E-state index >= 15 is 0 Å². The molecule has 1 N–H and O–H groups in total. The highest BCUT2D eigenvalue weighted by Gasteiger charge is 2.34. The van der Waals surface area contributed by atoms with Crippen LogP contribution in [0.3, 0.4) is 0 Å². The van der Waals surface area contributed by atoms with Crippen LogP contribution in [0.4, 0.5) is 11.4 Å². The number of hydrogen-bond donors (Lipinski definition) is 1. The normalized spacial score (nSPS) is 22.9. The average Bonchev–Trinajstić information content (AvgIpc) is 3.15. The monoisotopic (exact) mass is 275 g/mol. The first-order chi connectivity index (χ1) is 9.65. The molecule has 3 rings (SSSR count). The van der Waals surface area contributed by atoms with Crippen molar-refractivity contribution in [3.05, 3.63) is 33.9 Å². The maximum absolute atomic E-state index is 11.1. The average molecular weight is 275 g/mol.